The average molecular weight is 439 g/mol. The van der Waals surface area contributed by atoms with Crippen molar-refractivity contribution in [2.75, 3.05) is 25.6 Å². The van der Waals surface area contributed by atoms with Gasteiger partial charge in [-0.25, -0.2) is 9.59 Å². The van der Waals surface area contributed by atoms with Crippen LogP contribution in [0.25, 0.3) is 0 Å². The first-order chi connectivity index (χ1) is 13.7. The van der Waals surface area contributed by atoms with Crippen LogP contribution in [0.5, 0.6) is 0 Å². The van der Waals surface area contributed by atoms with Crippen LogP contribution in [-0.2, 0) is 14.3 Å². The molecule has 0 aromatic carbocycles. The number of hydrogen-bond acceptors (Lipinski definition) is 8. The lowest BCUT2D eigenvalue weighted by molar-refractivity contribution is -0.119. The zero-order valence-electron chi connectivity index (χ0n) is 16.8. The van der Waals surface area contributed by atoms with Gasteiger partial charge >= 0.3 is 11.9 Å². The highest BCUT2D eigenvalue weighted by atomic mass is 32.1. The fourth-order valence-electron chi connectivity index (χ4n) is 2.59. The Morgan fingerprint density at radius 1 is 1.03 bits per heavy atom. The van der Waals surface area contributed by atoms with Gasteiger partial charge in [-0.3, -0.25) is 9.59 Å². The quantitative estimate of drug-likeness (QED) is 0.643. The lowest BCUT2D eigenvalue weighted by Crippen LogP contribution is -2.21. The fraction of sp³-hybridized carbons (Fsp3) is 0.368. The summed E-state index contributed by atoms with van der Waals surface area (Å²) in [7, 11) is 1.47. The predicted molar refractivity (Wildman–Crippen MR) is 111 cm³/mol. The highest BCUT2D eigenvalue weighted by molar-refractivity contribution is 7.18. The molecule has 2 aromatic rings. The van der Waals surface area contributed by atoms with E-state index in [9.17, 15) is 19.2 Å². The van der Waals surface area contributed by atoms with Crippen molar-refractivity contribution in [1.29, 1.82) is 0 Å². The first-order valence-corrected chi connectivity index (χ1v) is 10.4. The lowest BCUT2D eigenvalue weighted by atomic mass is 10.1. The van der Waals surface area contributed by atoms with Gasteiger partial charge in [0.2, 0.25) is 0 Å². The molecular weight excluding hydrogens is 416 g/mol. The molecular formula is C19H22N2O6S2. The second-order valence-electron chi connectivity index (χ2n) is 6.01. The van der Waals surface area contributed by atoms with E-state index in [-0.39, 0.29) is 28.0 Å². The number of thiophene rings is 2. The van der Waals surface area contributed by atoms with E-state index in [1.165, 1.54) is 18.4 Å². The second kappa shape index (κ2) is 9.66. The van der Waals surface area contributed by atoms with E-state index in [1.54, 1.807) is 26.8 Å². The SMILES string of the molecule is CCOC(=O)c1c(NC(=O)COC(=O)c2cc(C)sc2C)sc(C(=O)NC)c1C. The van der Waals surface area contributed by atoms with Gasteiger partial charge in [0.1, 0.15) is 5.00 Å². The summed E-state index contributed by atoms with van der Waals surface area (Å²) >= 11 is 2.42. The molecule has 0 fully saturated rings. The van der Waals surface area contributed by atoms with Crippen LogP contribution in [0.4, 0.5) is 5.00 Å². The Morgan fingerprint density at radius 3 is 2.28 bits per heavy atom. The Kier molecular flexibility index (Phi) is 7.52. The van der Waals surface area contributed by atoms with Gasteiger partial charge in [-0.15, -0.1) is 22.7 Å². The van der Waals surface area contributed by atoms with Gasteiger partial charge in [0.15, 0.2) is 6.61 Å². The number of esters is 2. The van der Waals surface area contributed by atoms with Gasteiger partial charge < -0.3 is 20.1 Å². The Labute approximate surface area is 176 Å². The van der Waals surface area contributed by atoms with Crippen molar-refractivity contribution in [2.45, 2.75) is 27.7 Å². The maximum atomic E-state index is 12.3. The molecule has 0 aliphatic heterocycles. The number of rotatable bonds is 7. The van der Waals surface area contributed by atoms with Crippen LogP contribution in [0.1, 0.15) is 52.6 Å². The minimum absolute atomic E-state index is 0.111. The third-order valence-corrected chi connectivity index (χ3v) is 6.08. The van der Waals surface area contributed by atoms with Crippen LogP contribution in [0.3, 0.4) is 0 Å². The second-order valence-corrected chi connectivity index (χ2v) is 8.49. The summed E-state index contributed by atoms with van der Waals surface area (Å²) in [4.78, 5) is 50.9. The van der Waals surface area contributed by atoms with Crippen molar-refractivity contribution in [1.82, 2.24) is 5.32 Å². The summed E-state index contributed by atoms with van der Waals surface area (Å²) in [5.74, 6) is -2.25. The smallest absolute Gasteiger partial charge is 0.341 e. The summed E-state index contributed by atoms with van der Waals surface area (Å²) in [5, 5.41) is 5.20. The first kappa shape index (κ1) is 22.6. The van der Waals surface area contributed by atoms with Gasteiger partial charge in [-0.2, -0.15) is 0 Å². The van der Waals surface area contributed by atoms with E-state index in [4.69, 9.17) is 9.47 Å². The predicted octanol–water partition coefficient (Wildman–Crippen LogP) is 3.07. The minimum Gasteiger partial charge on any atom is -0.462 e. The third-order valence-electron chi connectivity index (χ3n) is 3.91. The monoisotopic (exact) mass is 438 g/mol. The van der Waals surface area contributed by atoms with E-state index in [2.05, 4.69) is 10.6 Å². The molecule has 2 aromatic heterocycles. The molecule has 10 heteroatoms. The lowest BCUT2D eigenvalue weighted by Gasteiger charge is -2.08. The number of amides is 2. The van der Waals surface area contributed by atoms with Crippen LogP contribution >= 0.6 is 22.7 Å². The summed E-state index contributed by atoms with van der Waals surface area (Å²) in [5.41, 5.74) is 0.935. The van der Waals surface area contributed by atoms with Crippen molar-refractivity contribution in [3.05, 3.63) is 37.4 Å². The average Bonchev–Trinajstić information content (AvgIpc) is 3.17. The molecule has 2 N–H and O–H groups in total. The van der Waals surface area contributed by atoms with E-state index >= 15 is 0 Å². The summed E-state index contributed by atoms with van der Waals surface area (Å²) < 4.78 is 10.1. The van der Waals surface area contributed by atoms with Crippen molar-refractivity contribution in [3.8, 4) is 0 Å². The maximum Gasteiger partial charge on any atom is 0.341 e. The molecule has 29 heavy (non-hydrogen) atoms. The molecule has 0 unspecified atom stereocenters. The van der Waals surface area contributed by atoms with Gasteiger partial charge in [-0.1, -0.05) is 0 Å². The van der Waals surface area contributed by atoms with Crippen LogP contribution in [0, 0.1) is 20.8 Å². The minimum atomic E-state index is -0.645. The third kappa shape index (κ3) is 5.21. The highest BCUT2D eigenvalue weighted by Crippen LogP contribution is 2.33. The fourth-order valence-corrected chi connectivity index (χ4v) is 4.66. The van der Waals surface area contributed by atoms with Gasteiger partial charge in [0.05, 0.1) is 22.6 Å². The van der Waals surface area contributed by atoms with E-state index < -0.39 is 24.5 Å². The molecule has 0 saturated carbocycles. The zero-order valence-corrected chi connectivity index (χ0v) is 18.4. The Bertz CT molecular complexity index is 960. The Hall–Kier alpha value is -2.72. The standard InChI is InChI=1S/C19H22N2O6S2/c1-6-26-19(25)14-10(3)15(16(23)20-5)29-17(14)21-13(22)8-27-18(24)12-7-9(2)28-11(12)4/h7H,6,8H2,1-5H3,(H,20,23)(H,21,22). The highest BCUT2D eigenvalue weighted by Gasteiger charge is 2.26. The molecule has 0 spiro atoms. The summed E-state index contributed by atoms with van der Waals surface area (Å²) in [6.45, 7) is 6.56. The van der Waals surface area contributed by atoms with Crippen molar-refractivity contribution < 1.29 is 28.7 Å². The number of carbonyl (C=O) groups is 4. The van der Waals surface area contributed by atoms with Crippen molar-refractivity contribution in [3.63, 3.8) is 0 Å². The van der Waals surface area contributed by atoms with Gasteiger partial charge in [0, 0.05) is 16.8 Å². The molecule has 0 radical (unpaired) electrons. The number of nitrogens with one attached hydrogen (secondary N) is 2. The Balaban J connectivity index is 2.16. The van der Waals surface area contributed by atoms with Crippen LogP contribution in [0.15, 0.2) is 6.07 Å². The molecule has 0 aliphatic carbocycles. The Morgan fingerprint density at radius 2 is 1.72 bits per heavy atom. The topological polar surface area (TPSA) is 111 Å². The van der Waals surface area contributed by atoms with Gasteiger partial charge in [0.25, 0.3) is 11.8 Å². The summed E-state index contributed by atoms with van der Waals surface area (Å²) in [6.07, 6.45) is 0. The number of ether oxygens (including phenoxy) is 2. The van der Waals surface area contributed by atoms with Gasteiger partial charge in [-0.05, 0) is 39.3 Å². The normalized spacial score (nSPS) is 10.4. The van der Waals surface area contributed by atoms with Crippen LogP contribution in [-0.4, -0.2) is 44.0 Å². The summed E-state index contributed by atoms with van der Waals surface area (Å²) in [6, 6.07) is 1.71. The van der Waals surface area contributed by atoms with Crippen molar-refractivity contribution >= 4 is 51.4 Å². The van der Waals surface area contributed by atoms with E-state index in [0.29, 0.717) is 11.1 Å². The molecule has 0 atom stereocenters. The van der Waals surface area contributed by atoms with Crippen LogP contribution < -0.4 is 10.6 Å². The van der Waals surface area contributed by atoms with Crippen LogP contribution in [0.2, 0.25) is 0 Å². The molecule has 0 bridgehead atoms. The molecule has 2 rings (SSSR count). The number of hydrogen-bond donors (Lipinski definition) is 2. The zero-order chi connectivity index (χ0) is 21.7. The largest absolute Gasteiger partial charge is 0.462 e. The van der Waals surface area contributed by atoms with E-state index in [1.807, 2.05) is 6.92 Å². The maximum absolute atomic E-state index is 12.3. The molecule has 156 valence electrons. The van der Waals surface area contributed by atoms with Crippen molar-refractivity contribution in [2.24, 2.45) is 0 Å². The molecule has 2 amide bonds. The number of anilines is 1. The molecule has 0 aliphatic rings. The molecule has 2 heterocycles. The molecule has 8 nitrogen and oxygen atoms in total. The number of carbonyl (C=O) groups excluding carboxylic acids is 4. The van der Waals surface area contributed by atoms with E-state index in [0.717, 1.165) is 21.1 Å². The first-order valence-electron chi connectivity index (χ1n) is 8.76. The molecule has 0 saturated heterocycles. The number of aryl methyl sites for hydroxylation is 2.